The number of hydrogen-bond donors (Lipinski definition) is 2. The van der Waals surface area contributed by atoms with E-state index >= 15 is 0 Å². The molecule has 1 saturated heterocycles. The highest BCUT2D eigenvalue weighted by atomic mass is 16.5. The van der Waals surface area contributed by atoms with E-state index < -0.39 is 25.1 Å². The molecule has 1 unspecified atom stereocenters. The number of carbonyl (C=O) groups excluding carboxylic acids is 1. The van der Waals surface area contributed by atoms with Crippen LogP contribution < -0.4 is 14.8 Å². The van der Waals surface area contributed by atoms with E-state index in [-0.39, 0.29) is 73.4 Å². The van der Waals surface area contributed by atoms with Gasteiger partial charge in [-0.3, -0.25) is 14.6 Å². The minimum absolute atomic E-state index is 0.0679. The number of aliphatic hydroxyl groups is 1. The van der Waals surface area contributed by atoms with E-state index in [0.717, 1.165) is 0 Å². The minimum Gasteiger partial charge on any atom is -0.493 e. The minimum atomic E-state index is -2.42. The van der Waals surface area contributed by atoms with Gasteiger partial charge in [0.25, 0.3) is 0 Å². The Kier molecular flexibility index (Phi) is 5.47. The molecule has 1 amide bonds. The van der Waals surface area contributed by atoms with E-state index in [1.807, 2.05) is 0 Å². The Labute approximate surface area is 194 Å². The molecule has 0 aliphatic carbocycles. The zero-order chi connectivity index (χ0) is 28.4. The Hall–Kier alpha value is -2.61. The molecule has 1 aliphatic heterocycles. The fourth-order valence-electron chi connectivity index (χ4n) is 3.26. The maximum atomic E-state index is 12.9. The lowest BCUT2D eigenvalue weighted by atomic mass is 10.1. The van der Waals surface area contributed by atoms with Crippen molar-refractivity contribution in [3.05, 3.63) is 53.5 Å². The predicted molar refractivity (Wildman–Crippen MR) is 122 cm³/mol. The van der Waals surface area contributed by atoms with Crippen molar-refractivity contribution in [2.75, 3.05) is 58.2 Å². The zero-order valence-electron chi connectivity index (χ0n) is 25.0. The van der Waals surface area contributed by atoms with Gasteiger partial charge in [-0.2, -0.15) is 0 Å². The summed E-state index contributed by atoms with van der Waals surface area (Å²) in [5.41, 5.74) is 0.732. The third-order valence-corrected chi connectivity index (χ3v) is 4.93. The summed E-state index contributed by atoms with van der Waals surface area (Å²) in [6.07, 6.45) is -1.51. The fraction of sp³-hybridized carbons (Fsp3) is 0.458. The van der Waals surface area contributed by atoms with Crippen LogP contribution in [0.3, 0.4) is 0 Å². The summed E-state index contributed by atoms with van der Waals surface area (Å²) in [4.78, 5) is 16.0. The number of amides is 1. The van der Waals surface area contributed by atoms with Crippen molar-refractivity contribution in [3.8, 4) is 11.5 Å². The Morgan fingerprint density at radius 2 is 1.77 bits per heavy atom. The summed E-state index contributed by atoms with van der Waals surface area (Å²) in [7, 11) is 1.43. The molecular formula is C24H33N3O4. The number of para-hydroxylation sites is 3. The number of anilines is 1. The van der Waals surface area contributed by atoms with Gasteiger partial charge in [-0.15, -0.1) is 0 Å². The van der Waals surface area contributed by atoms with Crippen LogP contribution in [0.5, 0.6) is 11.5 Å². The first-order valence-electron chi connectivity index (χ1n) is 13.6. The maximum absolute atomic E-state index is 12.9. The van der Waals surface area contributed by atoms with E-state index in [1.54, 1.807) is 23.1 Å². The molecule has 31 heavy (non-hydrogen) atoms. The van der Waals surface area contributed by atoms with Gasteiger partial charge in [0.1, 0.15) is 12.7 Å². The number of β-amino-alcohol motifs (C(OH)–C–C–N with tert-alkyl or cyclic N) is 1. The molecule has 1 atom stereocenters. The van der Waals surface area contributed by atoms with Gasteiger partial charge in [0.05, 0.1) is 23.2 Å². The van der Waals surface area contributed by atoms with Gasteiger partial charge in [0.15, 0.2) is 11.5 Å². The van der Waals surface area contributed by atoms with Crippen molar-refractivity contribution < 1.29 is 29.0 Å². The summed E-state index contributed by atoms with van der Waals surface area (Å²) in [6, 6.07) is 5.88. The van der Waals surface area contributed by atoms with E-state index in [1.165, 1.54) is 31.9 Å². The van der Waals surface area contributed by atoms with Crippen LogP contribution in [0.15, 0.2) is 42.4 Å². The zero-order valence-corrected chi connectivity index (χ0v) is 18.0. The van der Waals surface area contributed by atoms with Crippen LogP contribution in [0, 0.1) is 13.8 Å². The molecular weight excluding hydrogens is 394 g/mol. The first-order valence-corrected chi connectivity index (χ1v) is 10.1. The van der Waals surface area contributed by atoms with Crippen LogP contribution in [-0.2, 0) is 4.79 Å². The molecule has 0 bridgehead atoms. The summed E-state index contributed by atoms with van der Waals surface area (Å²) in [5.74, 6) is -0.465. The molecule has 3 rings (SSSR count). The summed E-state index contributed by atoms with van der Waals surface area (Å²) in [6.45, 7) is -0.992. The Morgan fingerprint density at radius 3 is 2.42 bits per heavy atom. The third kappa shape index (κ3) is 6.69. The van der Waals surface area contributed by atoms with Crippen molar-refractivity contribution in [1.29, 1.82) is 0 Å². The Balaban J connectivity index is 1.61. The number of methoxy groups -OCH3 is 1. The number of benzene rings is 2. The van der Waals surface area contributed by atoms with E-state index in [9.17, 15) is 9.90 Å². The first-order chi connectivity index (χ1) is 17.7. The fourth-order valence-corrected chi connectivity index (χ4v) is 3.26. The SMILES string of the molecule is [2H]c1c([2H])c(C)c(NC(=O)C([2H])([2H])N2CCN(CC(O)C([2H])([2H])Oc3ccccc3OC)CC2)c(C)c1[2H]. The molecule has 0 aromatic heterocycles. The van der Waals surface area contributed by atoms with Crippen molar-refractivity contribution in [1.82, 2.24) is 9.80 Å². The van der Waals surface area contributed by atoms with Crippen molar-refractivity contribution >= 4 is 11.6 Å². The molecule has 2 aromatic rings. The monoisotopic (exact) mass is 434 g/mol. The van der Waals surface area contributed by atoms with Crippen LogP contribution in [-0.4, -0.2) is 79.8 Å². The molecule has 2 aromatic carbocycles. The summed E-state index contributed by atoms with van der Waals surface area (Å²) in [5, 5.41) is 13.1. The van der Waals surface area contributed by atoms with Crippen LogP contribution >= 0.6 is 0 Å². The number of rotatable bonds is 9. The number of nitrogens with zero attached hydrogens (tertiary/aromatic N) is 2. The number of ether oxygens (including phenoxy) is 2. The molecule has 0 saturated carbocycles. The third-order valence-electron chi connectivity index (χ3n) is 4.93. The van der Waals surface area contributed by atoms with Crippen molar-refractivity contribution in [2.45, 2.75) is 20.0 Å². The van der Waals surface area contributed by atoms with Gasteiger partial charge in [0, 0.05) is 38.4 Å². The van der Waals surface area contributed by atoms with E-state index in [2.05, 4.69) is 5.32 Å². The second-order valence-electron chi connectivity index (χ2n) is 7.24. The number of hydrogen-bond acceptors (Lipinski definition) is 6. The highest BCUT2D eigenvalue weighted by Crippen LogP contribution is 2.25. The second-order valence-corrected chi connectivity index (χ2v) is 7.24. The predicted octanol–water partition coefficient (Wildman–Crippen LogP) is 2.31. The van der Waals surface area contributed by atoms with Gasteiger partial charge in [0.2, 0.25) is 5.91 Å². The second kappa shape index (κ2) is 11.1. The number of carbonyl (C=O) groups is 1. The van der Waals surface area contributed by atoms with Crippen molar-refractivity contribution in [2.24, 2.45) is 0 Å². The summed E-state index contributed by atoms with van der Waals surface area (Å²) >= 11 is 0. The molecule has 0 spiro atoms. The first kappa shape index (κ1) is 15.2. The smallest absolute Gasteiger partial charge is 0.238 e. The Morgan fingerprint density at radius 1 is 1.16 bits per heavy atom. The molecule has 1 aliphatic rings. The van der Waals surface area contributed by atoms with Gasteiger partial charge in [-0.25, -0.2) is 0 Å². The largest absolute Gasteiger partial charge is 0.493 e. The lowest BCUT2D eigenvalue weighted by Gasteiger charge is -2.35. The molecule has 1 heterocycles. The van der Waals surface area contributed by atoms with Crippen LogP contribution in [0.4, 0.5) is 5.69 Å². The quantitative estimate of drug-likeness (QED) is 0.631. The average Bonchev–Trinajstić information content (AvgIpc) is 2.89. The number of aliphatic hydroxyl groups excluding tert-OH is 1. The molecule has 0 radical (unpaired) electrons. The lowest BCUT2D eigenvalue weighted by molar-refractivity contribution is -0.117. The Bertz CT molecular complexity index is 1140. The van der Waals surface area contributed by atoms with Gasteiger partial charge in [-0.1, -0.05) is 30.3 Å². The topological polar surface area (TPSA) is 74.3 Å². The maximum Gasteiger partial charge on any atom is 0.238 e. The average molecular weight is 435 g/mol. The van der Waals surface area contributed by atoms with Gasteiger partial charge < -0.3 is 19.9 Å². The molecule has 1 fully saturated rings. The normalized spacial score (nSPS) is 20.2. The number of nitrogens with one attached hydrogen (secondary N) is 1. The van der Waals surface area contributed by atoms with E-state index in [0.29, 0.717) is 5.75 Å². The summed E-state index contributed by atoms with van der Waals surface area (Å²) < 4.78 is 67.6. The standard InChI is InChI=1S/C24H33N3O4/c1-18-7-6-8-19(2)24(18)25-23(29)16-27-13-11-26(12-14-27)15-20(28)17-31-22-10-5-4-9-21(22)30-3/h4-10,20,28H,11-17H2,1-3H3,(H,25,29)/i6D,7D,8D,16D2,17D2. The van der Waals surface area contributed by atoms with Crippen LogP contribution in [0.25, 0.3) is 0 Å². The highest BCUT2D eigenvalue weighted by molar-refractivity contribution is 5.93. The molecule has 2 N–H and O–H groups in total. The van der Waals surface area contributed by atoms with Crippen molar-refractivity contribution in [3.63, 3.8) is 0 Å². The van der Waals surface area contributed by atoms with Gasteiger partial charge in [-0.05, 0) is 37.1 Å². The molecule has 7 heteroatoms. The van der Waals surface area contributed by atoms with Gasteiger partial charge >= 0.3 is 0 Å². The molecule has 7 nitrogen and oxygen atoms in total. The molecule has 168 valence electrons. The van der Waals surface area contributed by atoms with Crippen LogP contribution in [0.1, 0.15) is 20.7 Å². The number of piperazine rings is 1. The lowest BCUT2D eigenvalue weighted by Crippen LogP contribution is -2.50. The van der Waals surface area contributed by atoms with Crippen LogP contribution in [0.2, 0.25) is 0 Å². The van der Waals surface area contributed by atoms with E-state index in [4.69, 9.17) is 19.1 Å². The highest BCUT2D eigenvalue weighted by Gasteiger charge is 2.21.